The molecule has 0 saturated carbocycles. The normalized spacial score (nSPS) is 12.9. The molecule has 0 amide bonds. The molecule has 0 spiro atoms. The second kappa shape index (κ2) is 10.8. The third-order valence-corrected chi connectivity index (χ3v) is 6.84. The number of para-hydroxylation sites is 1. The van der Waals surface area contributed by atoms with E-state index in [-0.39, 0.29) is 0 Å². The van der Waals surface area contributed by atoms with Crippen LogP contribution in [0, 0.1) is 0 Å². The molecule has 0 fully saturated rings. The van der Waals surface area contributed by atoms with Crippen LogP contribution in [0.2, 0.25) is 0 Å². The summed E-state index contributed by atoms with van der Waals surface area (Å²) in [6.45, 7) is 8.74. The molecule has 5 aromatic rings. The van der Waals surface area contributed by atoms with Crippen LogP contribution in [0.25, 0.3) is 11.6 Å². The summed E-state index contributed by atoms with van der Waals surface area (Å²) >= 11 is 0. The van der Waals surface area contributed by atoms with Gasteiger partial charge in [0.05, 0.1) is 11.4 Å². The maximum atomic E-state index is 5.00. The van der Waals surface area contributed by atoms with Crippen LogP contribution >= 0.6 is 0 Å². The van der Waals surface area contributed by atoms with Crippen molar-refractivity contribution in [3.63, 3.8) is 0 Å². The highest BCUT2D eigenvalue weighted by Crippen LogP contribution is 2.32. The fraction of sp³-hybridized carbons (Fsp3) is 0.267. The molecule has 4 heterocycles. The van der Waals surface area contributed by atoms with E-state index in [1.165, 1.54) is 0 Å². The molecular formula is C30H33N7. The fourth-order valence-electron chi connectivity index (χ4n) is 4.16. The summed E-state index contributed by atoms with van der Waals surface area (Å²) in [4.78, 5) is 12.1. The van der Waals surface area contributed by atoms with Gasteiger partial charge in [0.15, 0.2) is 11.6 Å². The van der Waals surface area contributed by atoms with Gasteiger partial charge in [-0.05, 0) is 73.2 Å². The first-order valence-corrected chi connectivity index (χ1v) is 13.0. The molecule has 4 aromatic heterocycles. The second-order valence-electron chi connectivity index (χ2n) is 9.37. The van der Waals surface area contributed by atoms with Crippen molar-refractivity contribution >= 4 is 17.3 Å². The highest BCUT2D eigenvalue weighted by molar-refractivity contribution is 5.72. The van der Waals surface area contributed by atoms with Crippen LogP contribution in [0.5, 0.6) is 0 Å². The van der Waals surface area contributed by atoms with Crippen molar-refractivity contribution in [2.45, 2.75) is 52.4 Å². The summed E-state index contributed by atoms with van der Waals surface area (Å²) in [5, 5.41) is 9.57. The minimum atomic E-state index is 0.403. The van der Waals surface area contributed by atoms with E-state index in [0.717, 1.165) is 53.2 Å². The number of rotatable bonds is 9. The second-order valence-corrected chi connectivity index (χ2v) is 9.37. The lowest BCUT2D eigenvalue weighted by Gasteiger charge is -2.24. The first-order chi connectivity index (χ1) is 18.1. The van der Waals surface area contributed by atoms with E-state index in [2.05, 4.69) is 56.9 Å². The fourth-order valence-corrected chi connectivity index (χ4v) is 4.16. The van der Waals surface area contributed by atoms with Crippen LogP contribution in [0.1, 0.15) is 63.8 Å². The first kappa shape index (κ1) is 24.4. The standard InChI is InChI=1S/C30H33N7/c1-5-22(3)25-18-20-35(33-25)27-14-10-16-29(31-27)37(24-12-8-7-9-13-24)30-17-11-15-28(32-30)36-21-19-26(34-36)23(4)6-2/h7-23H,5-6H2,1-4H3. The zero-order valence-corrected chi connectivity index (χ0v) is 21.9. The van der Waals surface area contributed by atoms with Gasteiger partial charge in [-0.15, -0.1) is 0 Å². The molecule has 7 heteroatoms. The van der Waals surface area contributed by atoms with E-state index in [9.17, 15) is 0 Å². The Morgan fingerprint density at radius 3 is 1.57 bits per heavy atom. The summed E-state index contributed by atoms with van der Waals surface area (Å²) < 4.78 is 3.69. The highest BCUT2D eigenvalue weighted by atomic mass is 15.3. The SMILES string of the molecule is CCC(C)c1ccn(-c2cccc(N(c3ccccc3)c3cccc(-n4ccc(C(C)CC)n4)n3)n2)n1. The van der Waals surface area contributed by atoms with Gasteiger partial charge in [-0.1, -0.05) is 58.0 Å². The number of hydrogen-bond donors (Lipinski definition) is 0. The quantitative estimate of drug-likeness (QED) is 0.216. The van der Waals surface area contributed by atoms with Crippen LogP contribution < -0.4 is 4.90 Å². The van der Waals surface area contributed by atoms with Crippen LogP contribution in [0.3, 0.4) is 0 Å². The average molecular weight is 492 g/mol. The van der Waals surface area contributed by atoms with Crippen molar-refractivity contribution < 1.29 is 0 Å². The number of aromatic nitrogens is 6. The monoisotopic (exact) mass is 491 g/mol. The number of pyridine rings is 2. The van der Waals surface area contributed by atoms with E-state index >= 15 is 0 Å². The Balaban J connectivity index is 1.55. The topological polar surface area (TPSA) is 64.7 Å². The summed E-state index contributed by atoms with van der Waals surface area (Å²) in [5.41, 5.74) is 3.11. The lowest BCUT2D eigenvalue weighted by molar-refractivity contribution is 0.684. The third kappa shape index (κ3) is 5.16. The van der Waals surface area contributed by atoms with Gasteiger partial charge in [-0.3, -0.25) is 4.90 Å². The molecule has 0 aliphatic carbocycles. The van der Waals surface area contributed by atoms with E-state index in [1.807, 2.05) is 76.4 Å². The molecule has 0 saturated heterocycles. The minimum Gasteiger partial charge on any atom is -0.279 e. The van der Waals surface area contributed by atoms with Crippen LogP contribution in [0.15, 0.2) is 91.3 Å². The smallest absolute Gasteiger partial charge is 0.155 e. The van der Waals surface area contributed by atoms with E-state index in [1.54, 1.807) is 0 Å². The van der Waals surface area contributed by atoms with E-state index in [0.29, 0.717) is 11.8 Å². The van der Waals surface area contributed by atoms with Crippen molar-refractivity contribution in [1.29, 1.82) is 0 Å². The molecular weight excluding hydrogens is 458 g/mol. The average Bonchev–Trinajstić information content (AvgIpc) is 3.64. The van der Waals surface area contributed by atoms with Crippen molar-refractivity contribution in [3.05, 3.63) is 103 Å². The summed E-state index contributed by atoms with van der Waals surface area (Å²) in [6, 6.07) is 26.3. The summed E-state index contributed by atoms with van der Waals surface area (Å²) in [6.07, 6.45) is 6.05. The van der Waals surface area contributed by atoms with Gasteiger partial charge in [0.25, 0.3) is 0 Å². The van der Waals surface area contributed by atoms with Crippen molar-refractivity contribution in [1.82, 2.24) is 29.5 Å². The third-order valence-electron chi connectivity index (χ3n) is 6.84. The van der Waals surface area contributed by atoms with Gasteiger partial charge < -0.3 is 0 Å². The predicted molar refractivity (Wildman–Crippen MR) is 148 cm³/mol. The number of nitrogens with zero attached hydrogens (tertiary/aromatic N) is 7. The largest absolute Gasteiger partial charge is 0.279 e. The predicted octanol–water partition coefficient (Wildman–Crippen LogP) is 7.34. The summed E-state index contributed by atoms with van der Waals surface area (Å²) in [5.74, 6) is 3.84. The highest BCUT2D eigenvalue weighted by Gasteiger charge is 2.18. The molecule has 0 bridgehead atoms. The Kier molecular flexibility index (Phi) is 7.12. The Morgan fingerprint density at radius 1 is 0.622 bits per heavy atom. The lowest BCUT2D eigenvalue weighted by atomic mass is 10.1. The minimum absolute atomic E-state index is 0.403. The Labute approximate surface area is 218 Å². The molecule has 0 aliphatic heterocycles. The molecule has 0 radical (unpaired) electrons. The molecule has 0 aliphatic rings. The van der Waals surface area contributed by atoms with Crippen LogP contribution in [-0.2, 0) is 0 Å². The van der Waals surface area contributed by atoms with Crippen molar-refractivity contribution in [2.24, 2.45) is 0 Å². The van der Waals surface area contributed by atoms with Crippen molar-refractivity contribution in [2.75, 3.05) is 4.90 Å². The Morgan fingerprint density at radius 2 is 1.11 bits per heavy atom. The van der Waals surface area contributed by atoms with Crippen LogP contribution in [-0.4, -0.2) is 29.5 Å². The van der Waals surface area contributed by atoms with E-state index in [4.69, 9.17) is 20.2 Å². The van der Waals surface area contributed by atoms with Gasteiger partial charge in [-0.2, -0.15) is 10.2 Å². The van der Waals surface area contributed by atoms with Gasteiger partial charge in [-0.25, -0.2) is 19.3 Å². The molecule has 37 heavy (non-hydrogen) atoms. The Hall–Kier alpha value is -4.26. The van der Waals surface area contributed by atoms with Gasteiger partial charge >= 0.3 is 0 Å². The van der Waals surface area contributed by atoms with Gasteiger partial charge in [0.1, 0.15) is 11.6 Å². The van der Waals surface area contributed by atoms with Crippen LogP contribution in [0.4, 0.5) is 17.3 Å². The molecule has 2 atom stereocenters. The Bertz CT molecular complexity index is 1360. The maximum absolute atomic E-state index is 5.00. The molecule has 188 valence electrons. The van der Waals surface area contributed by atoms with Gasteiger partial charge in [0, 0.05) is 18.1 Å². The van der Waals surface area contributed by atoms with E-state index < -0.39 is 0 Å². The summed E-state index contributed by atoms with van der Waals surface area (Å²) in [7, 11) is 0. The lowest BCUT2D eigenvalue weighted by Crippen LogP contribution is -2.15. The molecule has 1 aromatic carbocycles. The zero-order valence-electron chi connectivity index (χ0n) is 21.9. The maximum Gasteiger partial charge on any atom is 0.155 e. The molecule has 0 N–H and O–H groups in total. The molecule has 2 unspecified atom stereocenters. The molecule has 7 nitrogen and oxygen atoms in total. The number of anilines is 3. The van der Waals surface area contributed by atoms with Crippen molar-refractivity contribution in [3.8, 4) is 11.6 Å². The van der Waals surface area contributed by atoms with Gasteiger partial charge in [0.2, 0.25) is 0 Å². The zero-order chi connectivity index (χ0) is 25.8. The number of hydrogen-bond acceptors (Lipinski definition) is 5. The molecule has 5 rings (SSSR count). The first-order valence-electron chi connectivity index (χ1n) is 13.0. The number of benzene rings is 1.